The standard InChI is InChI=1S/C22H24N2O4/c1-24-6-5-22-11-18-13(7-15(21(26)27)20(25)23-18)8-17(22)19(24)9-12-3-4-14(28-2)10-16(12)22/h3-4,7,10,17,19H,5-6,8-9,11H2,1-2H3,(H,23,25)(H,26,27)/t17-,19+,22+/m0/s1. The highest BCUT2D eigenvalue weighted by Crippen LogP contribution is 2.54. The number of fused-ring (bicyclic) bond motifs is 2. The summed E-state index contributed by atoms with van der Waals surface area (Å²) >= 11 is 0. The third-order valence-electron chi connectivity index (χ3n) is 7.31. The SMILES string of the molecule is COc1ccc2c(c1)[C@]13CCN(C)[C@H](C2)[C@@H]1Cc1cc(C(=O)O)c(=O)[nH]c1C3. The molecule has 1 fully saturated rings. The third-order valence-corrected chi connectivity index (χ3v) is 7.31. The molecule has 0 unspecified atom stereocenters. The van der Waals surface area contributed by atoms with Gasteiger partial charge in [0.15, 0.2) is 0 Å². The number of likely N-dealkylation sites (N-methyl/N-ethyl adjacent to an activating group) is 1. The fourth-order valence-corrected chi connectivity index (χ4v) is 5.89. The molecule has 2 heterocycles. The number of pyridine rings is 1. The van der Waals surface area contributed by atoms with Crippen LogP contribution >= 0.6 is 0 Å². The first kappa shape index (κ1) is 17.5. The Balaban J connectivity index is 1.71. The van der Waals surface area contributed by atoms with Crippen molar-refractivity contribution in [3.63, 3.8) is 0 Å². The molecule has 1 saturated heterocycles. The quantitative estimate of drug-likeness (QED) is 0.833. The lowest BCUT2D eigenvalue weighted by molar-refractivity contribution is 0.0233. The summed E-state index contributed by atoms with van der Waals surface area (Å²) < 4.78 is 5.51. The van der Waals surface area contributed by atoms with Crippen molar-refractivity contribution in [2.24, 2.45) is 5.92 Å². The number of piperidine rings is 1. The maximum absolute atomic E-state index is 12.3. The van der Waals surface area contributed by atoms with Gasteiger partial charge in [-0.25, -0.2) is 4.79 Å². The summed E-state index contributed by atoms with van der Waals surface area (Å²) in [5.74, 6) is 0.0936. The number of aromatic amines is 1. The maximum atomic E-state index is 12.3. The number of ether oxygens (including phenoxy) is 1. The van der Waals surface area contributed by atoms with Crippen LogP contribution in [0.15, 0.2) is 29.1 Å². The normalized spacial score (nSPS) is 28.1. The van der Waals surface area contributed by atoms with E-state index < -0.39 is 11.5 Å². The van der Waals surface area contributed by atoms with Gasteiger partial charge in [0.25, 0.3) is 5.56 Å². The number of nitrogens with zero attached hydrogens (tertiary/aromatic N) is 1. The van der Waals surface area contributed by atoms with Gasteiger partial charge in [-0.05, 0) is 80.1 Å². The predicted molar refractivity (Wildman–Crippen MR) is 104 cm³/mol. The van der Waals surface area contributed by atoms with Gasteiger partial charge in [0.05, 0.1) is 7.11 Å². The zero-order valence-corrected chi connectivity index (χ0v) is 16.1. The summed E-state index contributed by atoms with van der Waals surface area (Å²) in [7, 11) is 3.88. The van der Waals surface area contributed by atoms with E-state index in [0.29, 0.717) is 12.0 Å². The minimum absolute atomic E-state index is 0.0417. The van der Waals surface area contributed by atoms with Gasteiger partial charge in [0.2, 0.25) is 0 Å². The van der Waals surface area contributed by atoms with E-state index in [1.165, 1.54) is 11.1 Å². The second kappa shape index (κ2) is 5.95. The van der Waals surface area contributed by atoms with Gasteiger partial charge < -0.3 is 19.7 Å². The highest BCUT2D eigenvalue weighted by Gasteiger charge is 2.54. The minimum Gasteiger partial charge on any atom is -0.497 e. The molecule has 6 heteroatoms. The lowest BCUT2D eigenvalue weighted by Gasteiger charge is -2.58. The molecule has 0 spiro atoms. The highest BCUT2D eigenvalue weighted by atomic mass is 16.5. The zero-order valence-electron chi connectivity index (χ0n) is 16.1. The number of hydrogen-bond donors (Lipinski definition) is 2. The molecule has 28 heavy (non-hydrogen) atoms. The molecule has 3 aliphatic rings. The van der Waals surface area contributed by atoms with Crippen molar-refractivity contribution >= 4 is 5.97 Å². The Labute approximate surface area is 163 Å². The number of carboxylic acids is 1. The summed E-state index contributed by atoms with van der Waals surface area (Å²) in [6.45, 7) is 1.02. The Kier molecular flexibility index (Phi) is 3.72. The van der Waals surface area contributed by atoms with Crippen LogP contribution in [0, 0.1) is 5.92 Å². The number of methoxy groups -OCH3 is 1. The van der Waals surface area contributed by atoms with Crippen molar-refractivity contribution in [2.75, 3.05) is 20.7 Å². The average Bonchev–Trinajstić information content (AvgIpc) is 2.68. The number of benzene rings is 1. The van der Waals surface area contributed by atoms with Crippen LogP contribution in [0.4, 0.5) is 0 Å². The van der Waals surface area contributed by atoms with Gasteiger partial charge in [0.1, 0.15) is 11.3 Å². The van der Waals surface area contributed by atoms with Crippen molar-refractivity contribution < 1.29 is 14.6 Å². The summed E-state index contributed by atoms with van der Waals surface area (Å²) in [5.41, 5.74) is 3.87. The fourth-order valence-electron chi connectivity index (χ4n) is 5.89. The Hall–Kier alpha value is -2.60. The molecule has 0 saturated carbocycles. The first-order valence-corrected chi connectivity index (χ1v) is 9.79. The molecule has 2 aliphatic carbocycles. The Morgan fingerprint density at radius 1 is 1.29 bits per heavy atom. The van der Waals surface area contributed by atoms with Crippen LogP contribution in [0.5, 0.6) is 5.75 Å². The second-order valence-electron chi connectivity index (χ2n) is 8.49. The van der Waals surface area contributed by atoms with Gasteiger partial charge in [-0.2, -0.15) is 0 Å². The molecule has 1 aromatic heterocycles. The molecule has 0 amide bonds. The largest absolute Gasteiger partial charge is 0.497 e. The Morgan fingerprint density at radius 2 is 2.11 bits per heavy atom. The van der Waals surface area contributed by atoms with Gasteiger partial charge in [-0.15, -0.1) is 0 Å². The van der Waals surface area contributed by atoms with Crippen LogP contribution in [0.2, 0.25) is 0 Å². The summed E-state index contributed by atoms with van der Waals surface area (Å²) in [5, 5.41) is 9.35. The molecule has 2 bridgehead atoms. The molecule has 6 nitrogen and oxygen atoms in total. The molecule has 0 radical (unpaired) electrons. The van der Waals surface area contributed by atoms with E-state index in [9.17, 15) is 14.7 Å². The van der Waals surface area contributed by atoms with Crippen LogP contribution in [-0.2, 0) is 24.7 Å². The highest BCUT2D eigenvalue weighted by molar-refractivity contribution is 5.87. The number of H-pyrrole nitrogens is 1. The van der Waals surface area contributed by atoms with E-state index in [-0.39, 0.29) is 11.0 Å². The molecule has 2 N–H and O–H groups in total. The summed E-state index contributed by atoms with van der Waals surface area (Å²) in [6, 6.07) is 8.41. The Bertz CT molecular complexity index is 1040. The number of hydrogen-bond acceptors (Lipinski definition) is 4. The predicted octanol–water partition coefficient (Wildman–Crippen LogP) is 1.99. The van der Waals surface area contributed by atoms with Gasteiger partial charge in [-0.1, -0.05) is 6.07 Å². The maximum Gasteiger partial charge on any atom is 0.341 e. The monoisotopic (exact) mass is 380 g/mol. The fraction of sp³-hybridized carbons (Fsp3) is 0.455. The van der Waals surface area contributed by atoms with E-state index in [1.54, 1.807) is 13.2 Å². The molecular weight excluding hydrogens is 356 g/mol. The van der Waals surface area contributed by atoms with E-state index in [2.05, 4.69) is 29.1 Å². The molecule has 3 atom stereocenters. The number of aromatic carboxylic acids is 1. The van der Waals surface area contributed by atoms with Crippen molar-refractivity contribution in [3.05, 3.63) is 62.6 Å². The molecule has 146 valence electrons. The van der Waals surface area contributed by atoms with E-state index >= 15 is 0 Å². The molecule has 1 aliphatic heterocycles. The van der Waals surface area contributed by atoms with Crippen molar-refractivity contribution in [1.29, 1.82) is 0 Å². The van der Waals surface area contributed by atoms with Crippen LogP contribution in [0.1, 0.15) is 39.2 Å². The molecular formula is C22H24N2O4. The van der Waals surface area contributed by atoms with Crippen LogP contribution in [0.25, 0.3) is 0 Å². The Morgan fingerprint density at radius 3 is 2.86 bits per heavy atom. The molecule has 2 aromatic rings. The lowest BCUT2D eigenvalue weighted by atomic mass is 9.52. The summed E-state index contributed by atoms with van der Waals surface area (Å²) in [4.78, 5) is 29.1. The number of likely N-dealkylation sites (tertiary alicyclic amines) is 1. The summed E-state index contributed by atoms with van der Waals surface area (Å²) in [6.07, 6.45) is 3.55. The van der Waals surface area contributed by atoms with Crippen LogP contribution < -0.4 is 10.3 Å². The molecule has 1 aromatic carbocycles. The van der Waals surface area contributed by atoms with Crippen molar-refractivity contribution in [1.82, 2.24) is 9.88 Å². The van der Waals surface area contributed by atoms with E-state index in [4.69, 9.17) is 4.74 Å². The smallest absolute Gasteiger partial charge is 0.341 e. The van der Waals surface area contributed by atoms with Gasteiger partial charge in [-0.3, -0.25) is 4.79 Å². The number of aromatic nitrogens is 1. The number of carbonyl (C=O) groups is 1. The first-order valence-electron chi connectivity index (χ1n) is 9.79. The lowest BCUT2D eigenvalue weighted by Crippen LogP contribution is -2.61. The van der Waals surface area contributed by atoms with E-state index in [0.717, 1.165) is 49.2 Å². The second-order valence-corrected chi connectivity index (χ2v) is 8.49. The first-order chi connectivity index (χ1) is 13.4. The number of rotatable bonds is 2. The van der Waals surface area contributed by atoms with Gasteiger partial charge >= 0.3 is 5.97 Å². The third kappa shape index (κ3) is 2.30. The van der Waals surface area contributed by atoms with Crippen molar-refractivity contribution in [2.45, 2.75) is 37.1 Å². The van der Waals surface area contributed by atoms with Crippen LogP contribution in [0.3, 0.4) is 0 Å². The minimum atomic E-state index is -1.17. The number of nitrogens with one attached hydrogen (secondary N) is 1. The van der Waals surface area contributed by atoms with Gasteiger partial charge in [0, 0.05) is 17.2 Å². The van der Waals surface area contributed by atoms with Crippen molar-refractivity contribution in [3.8, 4) is 5.75 Å². The average molecular weight is 380 g/mol. The topological polar surface area (TPSA) is 82.6 Å². The number of carboxylic acid groups (broad SMARTS) is 1. The zero-order chi connectivity index (χ0) is 19.6. The molecule has 5 rings (SSSR count). The van der Waals surface area contributed by atoms with Crippen LogP contribution in [-0.4, -0.2) is 47.7 Å². The van der Waals surface area contributed by atoms with E-state index in [1.807, 2.05) is 6.07 Å².